The summed E-state index contributed by atoms with van der Waals surface area (Å²) in [5.41, 5.74) is 0.364. The van der Waals surface area contributed by atoms with Crippen LogP contribution in [0, 0.1) is 12.7 Å². The van der Waals surface area contributed by atoms with E-state index in [9.17, 15) is 17.6 Å². The molecular weight excluding hydrogens is 393 g/mol. The van der Waals surface area contributed by atoms with Crippen molar-refractivity contribution >= 4 is 34.4 Å². The van der Waals surface area contributed by atoms with Crippen LogP contribution in [0.15, 0.2) is 18.2 Å². The van der Waals surface area contributed by atoms with Crippen LogP contribution in [0.1, 0.15) is 25.3 Å². The number of nitrogens with one attached hydrogen (secondary N) is 2. The molecule has 10 heteroatoms. The van der Waals surface area contributed by atoms with Gasteiger partial charge in [-0.1, -0.05) is 0 Å². The molecule has 1 fully saturated rings. The van der Waals surface area contributed by atoms with Gasteiger partial charge in [-0.25, -0.2) is 4.39 Å². The van der Waals surface area contributed by atoms with Crippen molar-refractivity contribution in [3.05, 3.63) is 29.6 Å². The van der Waals surface area contributed by atoms with Crippen LogP contribution in [0.3, 0.4) is 0 Å². The number of carbonyl (C=O) groups is 1. The Labute approximate surface area is 165 Å². The minimum atomic E-state index is -3.69. The van der Waals surface area contributed by atoms with E-state index in [1.807, 2.05) is 0 Å². The lowest BCUT2D eigenvalue weighted by Gasteiger charge is -2.39. The van der Waals surface area contributed by atoms with Crippen LogP contribution >= 0.6 is 12.6 Å². The molecule has 0 saturated carbocycles. The molecule has 0 aliphatic carbocycles. The zero-order chi connectivity index (χ0) is 20.1. The van der Waals surface area contributed by atoms with E-state index in [4.69, 9.17) is 4.74 Å². The van der Waals surface area contributed by atoms with E-state index in [0.717, 1.165) is 0 Å². The highest BCUT2D eigenvalue weighted by atomic mass is 32.2. The van der Waals surface area contributed by atoms with Crippen LogP contribution in [0.4, 0.5) is 10.1 Å². The molecule has 152 valence electrons. The van der Waals surface area contributed by atoms with Gasteiger partial charge in [-0.2, -0.15) is 30.1 Å². The summed E-state index contributed by atoms with van der Waals surface area (Å²) in [5, 5.41) is 2.69. The van der Waals surface area contributed by atoms with Crippen LogP contribution in [-0.4, -0.2) is 56.2 Å². The van der Waals surface area contributed by atoms with Gasteiger partial charge in [0.15, 0.2) is 0 Å². The maximum atomic E-state index is 13.3. The van der Waals surface area contributed by atoms with E-state index in [1.54, 1.807) is 19.9 Å². The van der Waals surface area contributed by atoms with Crippen LogP contribution in [-0.2, 0) is 19.7 Å². The molecule has 2 rings (SSSR count). The molecule has 1 heterocycles. The van der Waals surface area contributed by atoms with Crippen molar-refractivity contribution in [1.82, 2.24) is 9.03 Å². The first-order valence-corrected chi connectivity index (χ1v) is 10.8. The van der Waals surface area contributed by atoms with Gasteiger partial charge >= 0.3 is 0 Å². The molecule has 1 aliphatic heterocycles. The van der Waals surface area contributed by atoms with Gasteiger partial charge in [-0.3, -0.25) is 4.79 Å². The van der Waals surface area contributed by atoms with Gasteiger partial charge in [0.05, 0.1) is 18.8 Å². The first-order chi connectivity index (χ1) is 12.6. The molecule has 1 aromatic rings. The summed E-state index contributed by atoms with van der Waals surface area (Å²) >= 11 is 4.12. The second kappa shape index (κ2) is 9.33. The lowest BCUT2D eigenvalue weighted by molar-refractivity contribution is -0.116. The molecule has 1 aliphatic rings. The number of hydrogen-bond donors (Lipinski definition) is 3. The summed E-state index contributed by atoms with van der Waals surface area (Å²) < 4.78 is 47.4. The third kappa shape index (κ3) is 6.42. The topological polar surface area (TPSA) is 87.7 Å². The molecule has 0 spiro atoms. The SMILES string of the molecule is Cc1cc(NC(=O)CCCN(CCS)S(=O)(=O)NC2(C)COC2)ccc1F. The molecule has 7 nitrogen and oxygen atoms in total. The lowest BCUT2D eigenvalue weighted by atomic mass is 10.0. The number of nitrogens with zero attached hydrogens (tertiary/aromatic N) is 1. The molecule has 0 bridgehead atoms. The smallest absolute Gasteiger partial charge is 0.280 e. The maximum Gasteiger partial charge on any atom is 0.280 e. The Morgan fingerprint density at radius 3 is 2.63 bits per heavy atom. The van der Waals surface area contributed by atoms with Gasteiger partial charge in [0.1, 0.15) is 5.82 Å². The number of anilines is 1. The van der Waals surface area contributed by atoms with E-state index in [0.29, 0.717) is 36.6 Å². The Bertz CT molecular complexity index is 769. The highest BCUT2D eigenvalue weighted by molar-refractivity contribution is 7.87. The summed E-state index contributed by atoms with van der Waals surface area (Å²) in [6.45, 7) is 4.51. The molecule has 1 saturated heterocycles. The van der Waals surface area contributed by atoms with Crippen molar-refractivity contribution in [1.29, 1.82) is 0 Å². The van der Waals surface area contributed by atoms with Crippen molar-refractivity contribution in [3.8, 4) is 0 Å². The van der Waals surface area contributed by atoms with Crippen LogP contribution in [0.25, 0.3) is 0 Å². The van der Waals surface area contributed by atoms with Gasteiger partial charge in [-0.15, -0.1) is 0 Å². The zero-order valence-corrected chi connectivity index (χ0v) is 17.2. The number of amides is 1. The summed E-state index contributed by atoms with van der Waals surface area (Å²) in [6, 6.07) is 4.34. The van der Waals surface area contributed by atoms with Crippen molar-refractivity contribution in [2.45, 2.75) is 32.2 Å². The quantitative estimate of drug-likeness (QED) is 0.504. The van der Waals surface area contributed by atoms with Crippen molar-refractivity contribution in [2.24, 2.45) is 0 Å². The molecule has 0 aromatic heterocycles. The molecule has 27 heavy (non-hydrogen) atoms. The monoisotopic (exact) mass is 419 g/mol. The molecular formula is C17H26FN3O4S2. The second-order valence-electron chi connectivity index (χ2n) is 6.90. The fourth-order valence-electron chi connectivity index (χ4n) is 2.67. The van der Waals surface area contributed by atoms with Crippen LogP contribution in [0.5, 0.6) is 0 Å². The standard InChI is InChI=1S/C17H26FN3O4S2/c1-13-10-14(5-6-15(13)18)19-16(22)4-3-7-21(8-9-26)27(23,24)20-17(2)11-25-12-17/h5-6,10,20,26H,3-4,7-9,11-12H2,1-2H3,(H,19,22). The zero-order valence-electron chi connectivity index (χ0n) is 15.5. The van der Waals surface area contributed by atoms with Gasteiger partial charge in [-0.05, 0) is 44.0 Å². The Kier molecular flexibility index (Phi) is 7.64. The molecule has 1 aromatic carbocycles. The molecule has 1 amide bonds. The third-order valence-corrected chi connectivity index (χ3v) is 6.15. The average Bonchev–Trinajstić information content (AvgIpc) is 2.55. The predicted octanol–water partition coefficient (Wildman–Crippen LogP) is 1.71. The molecule has 2 N–H and O–H groups in total. The highest BCUT2D eigenvalue weighted by Gasteiger charge is 2.39. The number of rotatable bonds is 10. The number of thiol groups is 1. The largest absolute Gasteiger partial charge is 0.377 e. The lowest BCUT2D eigenvalue weighted by Crippen LogP contribution is -2.62. The third-order valence-electron chi connectivity index (χ3n) is 4.16. The minimum absolute atomic E-state index is 0.148. The van der Waals surface area contributed by atoms with Crippen molar-refractivity contribution in [2.75, 3.05) is 37.4 Å². The molecule has 0 atom stereocenters. The molecule has 0 unspecified atom stereocenters. The normalized spacial score (nSPS) is 16.2. The van der Waals surface area contributed by atoms with Crippen molar-refractivity contribution in [3.63, 3.8) is 0 Å². The number of benzene rings is 1. The second-order valence-corrected chi connectivity index (χ2v) is 9.02. The summed E-state index contributed by atoms with van der Waals surface area (Å²) in [7, 11) is -3.69. The van der Waals surface area contributed by atoms with Crippen molar-refractivity contribution < 1.29 is 22.3 Å². The first kappa shape index (κ1) is 22.1. The Morgan fingerprint density at radius 2 is 2.07 bits per heavy atom. The fraction of sp³-hybridized carbons (Fsp3) is 0.588. The van der Waals surface area contributed by atoms with Gasteiger partial charge < -0.3 is 10.1 Å². The van der Waals surface area contributed by atoms with Crippen LogP contribution in [0.2, 0.25) is 0 Å². The molecule has 0 radical (unpaired) electrons. The van der Waals surface area contributed by atoms with E-state index in [2.05, 4.69) is 22.7 Å². The van der Waals surface area contributed by atoms with Crippen LogP contribution < -0.4 is 10.0 Å². The van der Waals surface area contributed by atoms with E-state index < -0.39 is 15.7 Å². The first-order valence-electron chi connectivity index (χ1n) is 8.69. The number of ether oxygens (including phenoxy) is 1. The Balaban J connectivity index is 1.85. The van der Waals surface area contributed by atoms with E-state index in [1.165, 1.54) is 16.4 Å². The summed E-state index contributed by atoms with van der Waals surface area (Å²) in [5.74, 6) is -0.218. The van der Waals surface area contributed by atoms with Gasteiger partial charge in [0.2, 0.25) is 5.91 Å². The van der Waals surface area contributed by atoms with E-state index in [-0.39, 0.29) is 31.2 Å². The van der Waals surface area contributed by atoms with Gasteiger partial charge in [0.25, 0.3) is 10.2 Å². The average molecular weight is 420 g/mol. The Hall–Kier alpha value is -1.20. The maximum absolute atomic E-state index is 13.3. The highest BCUT2D eigenvalue weighted by Crippen LogP contribution is 2.18. The number of carbonyl (C=O) groups excluding carboxylic acids is 1. The Morgan fingerprint density at radius 1 is 1.37 bits per heavy atom. The number of hydrogen-bond acceptors (Lipinski definition) is 5. The van der Waals surface area contributed by atoms with E-state index >= 15 is 0 Å². The number of aryl methyl sites for hydroxylation is 1. The minimum Gasteiger partial charge on any atom is -0.377 e. The fourth-order valence-corrected chi connectivity index (χ4v) is 4.62. The predicted molar refractivity (Wildman–Crippen MR) is 106 cm³/mol. The number of halogens is 1. The van der Waals surface area contributed by atoms with Gasteiger partial charge in [0, 0.05) is 31.0 Å². The summed E-state index contributed by atoms with van der Waals surface area (Å²) in [4.78, 5) is 12.1. The summed E-state index contributed by atoms with van der Waals surface area (Å²) in [6.07, 6.45) is 0.503.